The van der Waals surface area contributed by atoms with Crippen LogP contribution in [0.25, 0.3) is 22.6 Å². The van der Waals surface area contributed by atoms with E-state index < -0.39 is 0 Å². The highest BCUT2D eigenvalue weighted by atomic mass is 19.1. The van der Waals surface area contributed by atoms with Crippen molar-refractivity contribution in [2.75, 3.05) is 11.9 Å². The number of rotatable bonds is 3. The van der Waals surface area contributed by atoms with Crippen LogP contribution in [0.2, 0.25) is 0 Å². The number of hydrogen-bond donors (Lipinski definition) is 1. The summed E-state index contributed by atoms with van der Waals surface area (Å²) in [6, 6.07) is 5.92. The summed E-state index contributed by atoms with van der Waals surface area (Å²) >= 11 is 0. The van der Waals surface area contributed by atoms with Crippen LogP contribution < -0.4 is 5.32 Å². The number of halogens is 1. The number of aromatic nitrogens is 5. The van der Waals surface area contributed by atoms with E-state index in [1.807, 2.05) is 6.92 Å². The van der Waals surface area contributed by atoms with Crippen molar-refractivity contribution in [2.45, 2.75) is 6.92 Å². The van der Waals surface area contributed by atoms with E-state index in [0.717, 1.165) is 6.54 Å². The van der Waals surface area contributed by atoms with Crippen molar-refractivity contribution in [3.8, 4) is 11.4 Å². The van der Waals surface area contributed by atoms with Crippen molar-refractivity contribution in [3.05, 3.63) is 36.3 Å². The van der Waals surface area contributed by atoms with E-state index in [9.17, 15) is 4.39 Å². The first-order valence-corrected chi connectivity index (χ1v) is 6.13. The third-order valence-electron chi connectivity index (χ3n) is 2.65. The van der Waals surface area contributed by atoms with Crippen LogP contribution in [0.5, 0.6) is 0 Å². The molecule has 0 unspecified atom stereocenters. The molecule has 0 saturated heterocycles. The fraction of sp³-hybridized carbons (Fsp3) is 0.154. The van der Waals surface area contributed by atoms with Crippen LogP contribution in [0.3, 0.4) is 0 Å². The van der Waals surface area contributed by atoms with Gasteiger partial charge in [-0.15, -0.1) is 10.2 Å². The normalized spacial score (nSPS) is 10.7. The maximum Gasteiger partial charge on any atom is 0.224 e. The van der Waals surface area contributed by atoms with Crippen LogP contribution in [-0.2, 0) is 0 Å². The van der Waals surface area contributed by atoms with Crippen molar-refractivity contribution < 1.29 is 4.39 Å². The third kappa shape index (κ3) is 2.37. The van der Waals surface area contributed by atoms with E-state index in [0.29, 0.717) is 28.5 Å². The fourth-order valence-corrected chi connectivity index (χ4v) is 1.71. The minimum absolute atomic E-state index is 0.305. The monoisotopic (exact) mass is 270 g/mol. The Morgan fingerprint density at radius 1 is 1.10 bits per heavy atom. The summed E-state index contributed by atoms with van der Waals surface area (Å²) in [5.41, 5.74) is 1.65. The molecule has 6 nitrogen and oxygen atoms in total. The highest BCUT2D eigenvalue weighted by Gasteiger charge is 2.07. The Morgan fingerprint density at radius 3 is 2.65 bits per heavy atom. The predicted octanol–water partition coefficient (Wildman–Crippen LogP) is 2.05. The molecule has 20 heavy (non-hydrogen) atoms. The molecule has 2 aromatic heterocycles. The molecule has 0 aliphatic carbocycles. The standard InChI is InChI=1S/C13H11FN6/c1-2-15-13-16-7-10-12(18-13)20-19-11(17-10)8-3-5-9(14)6-4-8/h3-7H,2H2,1H3,(H,15,16,18,20). The third-order valence-corrected chi connectivity index (χ3v) is 2.65. The summed E-state index contributed by atoms with van der Waals surface area (Å²) < 4.78 is 12.9. The number of hydrogen-bond acceptors (Lipinski definition) is 6. The molecule has 0 aliphatic rings. The number of nitrogens with zero attached hydrogens (tertiary/aromatic N) is 5. The Kier molecular flexibility index (Phi) is 3.16. The average Bonchev–Trinajstić information content (AvgIpc) is 2.48. The molecule has 1 aromatic carbocycles. The number of benzene rings is 1. The molecular formula is C13H11FN6. The maximum absolute atomic E-state index is 12.9. The summed E-state index contributed by atoms with van der Waals surface area (Å²) in [4.78, 5) is 12.7. The molecule has 0 radical (unpaired) electrons. The van der Waals surface area contributed by atoms with Crippen molar-refractivity contribution in [3.63, 3.8) is 0 Å². The van der Waals surface area contributed by atoms with Crippen LogP contribution in [0.1, 0.15) is 6.92 Å². The van der Waals surface area contributed by atoms with Gasteiger partial charge >= 0.3 is 0 Å². The summed E-state index contributed by atoms with van der Waals surface area (Å²) in [7, 11) is 0. The first kappa shape index (κ1) is 12.3. The summed E-state index contributed by atoms with van der Waals surface area (Å²) in [6.45, 7) is 2.68. The van der Waals surface area contributed by atoms with E-state index in [4.69, 9.17) is 0 Å². The Labute approximate surface area is 114 Å². The summed E-state index contributed by atoms with van der Waals surface area (Å²) in [6.07, 6.45) is 1.59. The van der Waals surface area contributed by atoms with Crippen LogP contribution in [0.4, 0.5) is 10.3 Å². The van der Waals surface area contributed by atoms with Gasteiger partial charge in [0.05, 0.1) is 6.20 Å². The lowest BCUT2D eigenvalue weighted by Crippen LogP contribution is -2.04. The van der Waals surface area contributed by atoms with Gasteiger partial charge in [-0.05, 0) is 31.2 Å². The molecule has 3 rings (SSSR count). The molecule has 0 bridgehead atoms. The second-order valence-corrected chi connectivity index (χ2v) is 4.08. The molecule has 0 amide bonds. The molecule has 2 heterocycles. The Morgan fingerprint density at radius 2 is 1.90 bits per heavy atom. The molecule has 0 fully saturated rings. The molecule has 1 N–H and O–H groups in total. The first-order chi connectivity index (χ1) is 9.76. The lowest BCUT2D eigenvalue weighted by molar-refractivity contribution is 0.628. The van der Waals surface area contributed by atoms with Gasteiger partial charge in [-0.25, -0.2) is 14.4 Å². The second-order valence-electron chi connectivity index (χ2n) is 4.08. The zero-order valence-electron chi connectivity index (χ0n) is 10.7. The Balaban J connectivity index is 2.02. The Bertz CT molecular complexity index is 743. The maximum atomic E-state index is 12.9. The van der Waals surface area contributed by atoms with Crippen LogP contribution in [0, 0.1) is 5.82 Å². The lowest BCUT2D eigenvalue weighted by atomic mass is 10.2. The smallest absolute Gasteiger partial charge is 0.224 e. The van der Waals surface area contributed by atoms with Crippen LogP contribution >= 0.6 is 0 Å². The van der Waals surface area contributed by atoms with Gasteiger partial charge < -0.3 is 5.32 Å². The molecule has 100 valence electrons. The van der Waals surface area contributed by atoms with Gasteiger partial charge in [0.25, 0.3) is 0 Å². The predicted molar refractivity (Wildman–Crippen MR) is 72.5 cm³/mol. The highest BCUT2D eigenvalue weighted by molar-refractivity contribution is 5.71. The van der Waals surface area contributed by atoms with E-state index in [1.54, 1.807) is 18.3 Å². The van der Waals surface area contributed by atoms with Gasteiger partial charge in [0.2, 0.25) is 11.6 Å². The molecule has 0 saturated carbocycles. The second kappa shape index (κ2) is 5.12. The lowest BCUT2D eigenvalue weighted by Gasteiger charge is -2.03. The zero-order chi connectivity index (χ0) is 13.9. The van der Waals surface area contributed by atoms with Gasteiger partial charge in [-0.3, -0.25) is 0 Å². The molecule has 0 aliphatic heterocycles. The molecular weight excluding hydrogens is 259 g/mol. The molecule has 7 heteroatoms. The van der Waals surface area contributed by atoms with Crippen LogP contribution in [-0.4, -0.2) is 31.7 Å². The number of nitrogens with one attached hydrogen (secondary N) is 1. The topological polar surface area (TPSA) is 76.5 Å². The van der Waals surface area contributed by atoms with Gasteiger partial charge in [0, 0.05) is 12.1 Å². The van der Waals surface area contributed by atoms with Crippen molar-refractivity contribution in [1.29, 1.82) is 0 Å². The highest BCUT2D eigenvalue weighted by Crippen LogP contribution is 2.16. The van der Waals surface area contributed by atoms with Crippen molar-refractivity contribution in [1.82, 2.24) is 25.1 Å². The van der Waals surface area contributed by atoms with E-state index >= 15 is 0 Å². The first-order valence-electron chi connectivity index (χ1n) is 6.13. The minimum Gasteiger partial charge on any atom is -0.354 e. The van der Waals surface area contributed by atoms with Crippen LogP contribution in [0.15, 0.2) is 30.5 Å². The van der Waals surface area contributed by atoms with Gasteiger partial charge in [0.1, 0.15) is 11.3 Å². The molecule has 0 spiro atoms. The van der Waals surface area contributed by atoms with E-state index in [1.165, 1.54) is 12.1 Å². The van der Waals surface area contributed by atoms with Gasteiger partial charge in [-0.2, -0.15) is 4.98 Å². The van der Waals surface area contributed by atoms with Crippen molar-refractivity contribution in [2.24, 2.45) is 0 Å². The summed E-state index contributed by atoms with van der Waals surface area (Å²) in [5.74, 6) is 0.601. The molecule has 0 atom stereocenters. The van der Waals surface area contributed by atoms with Crippen molar-refractivity contribution >= 4 is 17.1 Å². The largest absolute Gasteiger partial charge is 0.354 e. The fourth-order valence-electron chi connectivity index (χ4n) is 1.71. The SMILES string of the molecule is CCNc1ncc2nc(-c3ccc(F)cc3)nnc2n1. The van der Waals surface area contributed by atoms with E-state index in [2.05, 4.69) is 30.5 Å². The van der Waals surface area contributed by atoms with E-state index in [-0.39, 0.29) is 5.82 Å². The van der Waals surface area contributed by atoms with Gasteiger partial charge in [-0.1, -0.05) is 0 Å². The Hall–Kier alpha value is -2.70. The zero-order valence-corrected chi connectivity index (χ0v) is 10.7. The summed E-state index contributed by atoms with van der Waals surface area (Å²) in [5, 5.41) is 11.0. The number of anilines is 1. The quantitative estimate of drug-likeness (QED) is 0.785. The number of fused-ring (bicyclic) bond motifs is 1. The molecule has 3 aromatic rings. The van der Waals surface area contributed by atoms with Gasteiger partial charge in [0.15, 0.2) is 5.82 Å². The average molecular weight is 270 g/mol. The minimum atomic E-state index is -0.305.